The van der Waals surface area contributed by atoms with Crippen molar-refractivity contribution in [1.29, 1.82) is 0 Å². The summed E-state index contributed by atoms with van der Waals surface area (Å²) >= 11 is 1.31. The second kappa shape index (κ2) is 7.72. The van der Waals surface area contributed by atoms with Gasteiger partial charge < -0.3 is 9.80 Å². The first-order valence-electron chi connectivity index (χ1n) is 10.1. The molecule has 2 aromatic rings. The molecule has 5 nitrogen and oxygen atoms in total. The number of rotatable bonds is 2. The monoisotopic (exact) mass is 421 g/mol. The van der Waals surface area contributed by atoms with Crippen molar-refractivity contribution in [2.75, 3.05) is 18.0 Å². The minimum absolute atomic E-state index is 0.216. The Labute approximate surface area is 178 Å². The van der Waals surface area contributed by atoms with E-state index in [1.807, 2.05) is 24.3 Å². The van der Waals surface area contributed by atoms with E-state index in [9.17, 15) is 14.0 Å². The van der Waals surface area contributed by atoms with Crippen LogP contribution in [0.4, 0.5) is 10.1 Å². The average Bonchev–Trinajstić information content (AvgIpc) is 3.28. The fourth-order valence-electron chi connectivity index (χ4n) is 4.10. The molecule has 1 saturated heterocycles. The van der Waals surface area contributed by atoms with Gasteiger partial charge in [-0.15, -0.1) is 0 Å². The molecular weight excluding hydrogens is 401 g/mol. The van der Waals surface area contributed by atoms with Crippen LogP contribution in [-0.2, 0) is 16.1 Å². The first-order chi connectivity index (χ1) is 14.6. The van der Waals surface area contributed by atoms with Crippen molar-refractivity contribution in [2.24, 2.45) is 4.99 Å². The average molecular weight is 421 g/mol. The van der Waals surface area contributed by atoms with Gasteiger partial charge in [0.25, 0.3) is 11.8 Å². The van der Waals surface area contributed by atoms with E-state index in [1.165, 1.54) is 30.3 Å². The highest BCUT2D eigenvalue weighted by Crippen LogP contribution is 2.44. The summed E-state index contributed by atoms with van der Waals surface area (Å²) in [6, 6.07) is 13.6. The smallest absolute Gasteiger partial charge is 0.287 e. The van der Waals surface area contributed by atoms with Gasteiger partial charge in [0, 0.05) is 18.7 Å². The molecule has 152 valence electrons. The second-order valence-electron chi connectivity index (χ2n) is 7.59. The molecule has 0 unspecified atom stereocenters. The number of thioether (sulfide) groups is 1. The van der Waals surface area contributed by atoms with Gasteiger partial charge in [-0.2, -0.15) is 4.99 Å². The van der Waals surface area contributed by atoms with E-state index in [2.05, 4.69) is 9.89 Å². The topological polar surface area (TPSA) is 53.0 Å². The Bertz CT molecular complexity index is 1090. The minimum Gasteiger partial charge on any atom is -0.351 e. The lowest BCUT2D eigenvalue weighted by Gasteiger charge is -2.27. The quantitative estimate of drug-likeness (QED) is 0.682. The fourth-order valence-corrected chi connectivity index (χ4v) is 5.16. The number of hydrogen-bond acceptors (Lipinski definition) is 4. The second-order valence-corrected chi connectivity index (χ2v) is 8.57. The molecule has 3 heterocycles. The summed E-state index contributed by atoms with van der Waals surface area (Å²) in [6.07, 6.45) is 3.38. The highest BCUT2D eigenvalue weighted by Gasteiger charge is 2.39. The molecule has 5 rings (SSSR count). The maximum atomic E-state index is 13.4. The molecule has 0 radical (unpaired) electrons. The molecule has 2 aromatic carbocycles. The van der Waals surface area contributed by atoms with Gasteiger partial charge in [-0.05, 0) is 54.8 Å². The first-order valence-corrected chi connectivity index (χ1v) is 10.9. The van der Waals surface area contributed by atoms with Crippen LogP contribution < -0.4 is 4.90 Å². The Kier molecular flexibility index (Phi) is 4.90. The molecule has 0 atom stereocenters. The Hall–Kier alpha value is -2.93. The molecule has 7 heteroatoms. The van der Waals surface area contributed by atoms with Gasteiger partial charge in [-0.3, -0.25) is 9.59 Å². The van der Waals surface area contributed by atoms with Crippen molar-refractivity contribution in [3.05, 3.63) is 70.4 Å². The zero-order valence-corrected chi connectivity index (χ0v) is 17.1. The van der Waals surface area contributed by atoms with Gasteiger partial charge in [-0.1, -0.05) is 30.3 Å². The van der Waals surface area contributed by atoms with E-state index in [1.54, 1.807) is 17.0 Å². The number of nitrogens with zero attached hydrogens (tertiary/aromatic N) is 3. The Morgan fingerprint density at radius 1 is 0.967 bits per heavy atom. The summed E-state index contributed by atoms with van der Waals surface area (Å²) in [5.41, 5.74) is 2.74. The fraction of sp³-hybridized carbons (Fsp3) is 0.261. The van der Waals surface area contributed by atoms with Crippen LogP contribution in [0.1, 0.15) is 30.4 Å². The number of aliphatic imine (C=N–C) groups is 1. The van der Waals surface area contributed by atoms with E-state index >= 15 is 0 Å². The van der Waals surface area contributed by atoms with Gasteiger partial charge >= 0.3 is 0 Å². The maximum Gasteiger partial charge on any atom is 0.287 e. The lowest BCUT2D eigenvalue weighted by atomic mass is 10.1. The van der Waals surface area contributed by atoms with Crippen molar-refractivity contribution in [2.45, 2.75) is 25.8 Å². The predicted molar refractivity (Wildman–Crippen MR) is 116 cm³/mol. The third-order valence-corrected chi connectivity index (χ3v) is 6.73. The molecule has 0 spiro atoms. The number of carbonyl (C=O) groups excluding carboxylic acids is 2. The minimum atomic E-state index is -0.345. The summed E-state index contributed by atoms with van der Waals surface area (Å²) < 4.78 is 13.3. The van der Waals surface area contributed by atoms with Crippen LogP contribution in [-0.4, -0.2) is 35.0 Å². The number of hydrogen-bond donors (Lipinski definition) is 0. The van der Waals surface area contributed by atoms with Crippen LogP contribution in [0.2, 0.25) is 0 Å². The van der Waals surface area contributed by atoms with Gasteiger partial charge in [0.15, 0.2) is 5.17 Å². The van der Waals surface area contributed by atoms with Gasteiger partial charge in [0.2, 0.25) is 0 Å². The number of carbonyl (C=O) groups is 2. The number of fused-ring (bicyclic) bond motifs is 1. The highest BCUT2D eigenvalue weighted by atomic mass is 32.2. The molecule has 0 bridgehead atoms. The first kappa shape index (κ1) is 19.1. The van der Waals surface area contributed by atoms with E-state index in [0.717, 1.165) is 42.7 Å². The standard InChI is InChI=1S/C23H20FN3O2S/c24-16-10-8-15(9-11-16)14-27-18-7-3-2-6-17(18)19(22(27)29)20-21(28)25-23(30-20)26-12-4-1-5-13-26/h2-3,6-11H,1,4-5,12-14H2. The van der Waals surface area contributed by atoms with Crippen molar-refractivity contribution >= 4 is 40.0 Å². The van der Waals surface area contributed by atoms with E-state index in [4.69, 9.17) is 0 Å². The molecule has 0 saturated carbocycles. The van der Waals surface area contributed by atoms with Crippen LogP contribution in [0, 0.1) is 5.82 Å². The summed E-state index contributed by atoms with van der Waals surface area (Å²) in [6.45, 7) is 2.09. The van der Waals surface area contributed by atoms with E-state index in [0.29, 0.717) is 22.2 Å². The predicted octanol–water partition coefficient (Wildman–Crippen LogP) is 4.20. The van der Waals surface area contributed by atoms with Gasteiger partial charge in [-0.25, -0.2) is 4.39 Å². The lowest BCUT2D eigenvalue weighted by Crippen LogP contribution is -2.33. The maximum absolute atomic E-state index is 13.4. The van der Waals surface area contributed by atoms with Crippen LogP contribution in [0.15, 0.2) is 58.4 Å². The zero-order valence-electron chi connectivity index (χ0n) is 16.3. The molecule has 3 aliphatic heterocycles. The van der Waals surface area contributed by atoms with Gasteiger partial charge in [0.05, 0.1) is 22.7 Å². The molecule has 2 amide bonds. The third-order valence-electron chi connectivity index (χ3n) is 5.62. The number of benzene rings is 2. The molecule has 3 aliphatic rings. The van der Waals surface area contributed by atoms with Crippen LogP contribution >= 0.6 is 11.8 Å². The van der Waals surface area contributed by atoms with E-state index in [-0.39, 0.29) is 17.6 Å². The van der Waals surface area contributed by atoms with Gasteiger partial charge in [0.1, 0.15) is 5.82 Å². The summed E-state index contributed by atoms with van der Waals surface area (Å²) in [5, 5.41) is 0.699. The number of para-hydroxylation sites is 1. The highest BCUT2D eigenvalue weighted by molar-refractivity contribution is 8.18. The molecule has 0 aliphatic carbocycles. The number of likely N-dealkylation sites (tertiary alicyclic amines) is 1. The largest absolute Gasteiger partial charge is 0.351 e. The summed E-state index contributed by atoms with van der Waals surface area (Å²) in [7, 11) is 0. The Balaban J connectivity index is 1.49. The normalized spacial score (nSPS) is 21.3. The summed E-state index contributed by atoms with van der Waals surface area (Å²) in [4.78, 5) is 34.6. The molecule has 30 heavy (non-hydrogen) atoms. The SMILES string of the molecule is O=C1N=C(N2CCCCC2)SC1=C1C(=O)N(Cc2ccc(F)cc2)c2ccccc21. The van der Waals surface area contributed by atoms with E-state index < -0.39 is 0 Å². The molecule has 1 fully saturated rings. The van der Waals surface area contributed by atoms with Crippen molar-refractivity contribution in [3.63, 3.8) is 0 Å². The number of anilines is 1. The van der Waals surface area contributed by atoms with Crippen molar-refractivity contribution < 1.29 is 14.0 Å². The molecular formula is C23H20FN3O2S. The molecule has 0 aromatic heterocycles. The number of halogens is 1. The van der Waals surface area contributed by atoms with Crippen LogP contribution in [0.3, 0.4) is 0 Å². The number of amides is 2. The van der Waals surface area contributed by atoms with Crippen LogP contribution in [0.5, 0.6) is 0 Å². The molecule has 0 N–H and O–H groups in total. The zero-order chi connectivity index (χ0) is 20.7. The van der Waals surface area contributed by atoms with Crippen LogP contribution in [0.25, 0.3) is 5.57 Å². The van der Waals surface area contributed by atoms with Crippen molar-refractivity contribution in [1.82, 2.24) is 4.90 Å². The lowest BCUT2D eigenvalue weighted by molar-refractivity contribution is -0.115. The van der Waals surface area contributed by atoms with Crippen molar-refractivity contribution in [3.8, 4) is 0 Å². The summed E-state index contributed by atoms with van der Waals surface area (Å²) in [5.74, 6) is -0.876. The Morgan fingerprint density at radius 3 is 2.47 bits per heavy atom. The third kappa shape index (κ3) is 3.33. The number of amidine groups is 1. The Morgan fingerprint density at radius 2 is 1.70 bits per heavy atom. The number of piperidine rings is 1.